The summed E-state index contributed by atoms with van der Waals surface area (Å²) >= 11 is 2.06. The molecule has 0 radical (unpaired) electrons. The Labute approximate surface area is 138 Å². The molecule has 0 bridgehead atoms. The van der Waals surface area contributed by atoms with Gasteiger partial charge in [0.15, 0.2) is 11.5 Å². The van der Waals surface area contributed by atoms with Gasteiger partial charge in [-0.1, -0.05) is 19.6 Å². The number of methoxy groups -OCH3 is 1. The number of carbonyl (C=O) groups is 1. The Hall–Kier alpha value is -1.28. The van der Waals surface area contributed by atoms with E-state index in [4.69, 9.17) is 18.9 Å². The fourth-order valence-electron chi connectivity index (χ4n) is 1.52. The van der Waals surface area contributed by atoms with Crippen LogP contribution in [-0.2, 0) is 9.47 Å². The van der Waals surface area contributed by atoms with Crippen molar-refractivity contribution in [2.45, 2.75) is 26.6 Å². The van der Waals surface area contributed by atoms with Crippen molar-refractivity contribution in [1.29, 1.82) is 0 Å². The molecule has 0 amide bonds. The summed E-state index contributed by atoms with van der Waals surface area (Å²) in [6.07, 6.45) is 1.04. The summed E-state index contributed by atoms with van der Waals surface area (Å²) in [7, 11) is 1.50. The Bertz CT molecular complexity index is 501. The molecule has 0 aliphatic rings. The van der Waals surface area contributed by atoms with E-state index in [1.165, 1.54) is 7.11 Å². The lowest BCUT2D eigenvalue weighted by atomic mass is 10.2. The molecule has 0 aliphatic carbocycles. The van der Waals surface area contributed by atoms with E-state index in [1.807, 2.05) is 13.0 Å². The van der Waals surface area contributed by atoms with E-state index in [0.717, 1.165) is 15.6 Å². The lowest BCUT2D eigenvalue weighted by Gasteiger charge is -2.15. The summed E-state index contributed by atoms with van der Waals surface area (Å²) in [4.78, 5) is 11.8. The summed E-state index contributed by atoms with van der Waals surface area (Å²) in [6.45, 7) is 7.83. The maximum Gasteiger partial charge on any atom is 0.516 e. The number of rotatable bonds is 7. The fourth-order valence-corrected chi connectivity index (χ4v) is 2.25. The summed E-state index contributed by atoms with van der Waals surface area (Å²) in [6, 6.07) is 3.56. The van der Waals surface area contributed by atoms with Crippen LogP contribution in [-0.4, -0.2) is 26.2 Å². The first-order chi connectivity index (χ1) is 10.0. The molecule has 0 aliphatic heterocycles. The van der Waals surface area contributed by atoms with Gasteiger partial charge in [0.1, 0.15) is 0 Å². The summed E-state index contributed by atoms with van der Waals surface area (Å²) in [5.74, 6) is 0.757. The van der Waals surface area contributed by atoms with Crippen LogP contribution in [0, 0.1) is 3.57 Å². The highest BCUT2D eigenvalue weighted by atomic mass is 127. The van der Waals surface area contributed by atoms with Crippen molar-refractivity contribution in [3.8, 4) is 11.5 Å². The van der Waals surface area contributed by atoms with Crippen molar-refractivity contribution in [3.63, 3.8) is 0 Å². The zero-order valence-electron chi connectivity index (χ0n) is 12.3. The van der Waals surface area contributed by atoms with Crippen molar-refractivity contribution in [2.75, 3.05) is 13.7 Å². The average Bonchev–Trinajstić information content (AvgIpc) is 2.46. The van der Waals surface area contributed by atoms with Crippen LogP contribution in [0.25, 0.3) is 6.08 Å². The van der Waals surface area contributed by atoms with E-state index in [0.29, 0.717) is 18.1 Å². The minimum Gasteiger partial charge on any atom is -0.493 e. The SMILES string of the molecule is C=Cc1cc(I)c(OC(=O)OC(C)OCCC)c(OC)c1. The molecule has 0 N–H and O–H groups in total. The number of halogens is 1. The first-order valence-electron chi connectivity index (χ1n) is 6.51. The van der Waals surface area contributed by atoms with Gasteiger partial charge in [0.2, 0.25) is 6.29 Å². The molecule has 0 saturated carbocycles. The number of carbonyl (C=O) groups excluding carboxylic acids is 1. The highest BCUT2D eigenvalue weighted by Gasteiger charge is 2.18. The largest absolute Gasteiger partial charge is 0.516 e. The highest BCUT2D eigenvalue weighted by Crippen LogP contribution is 2.34. The third-order valence-electron chi connectivity index (χ3n) is 2.49. The summed E-state index contributed by atoms with van der Waals surface area (Å²) < 4.78 is 21.4. The van der Waals surface area contributed by atoms with Crippen molar-refractivity contribution >= 4 is 34.8 Å². The number of ether oxygens (including phenoxy) is 4. The second-order valence-corrected chi connectivity index (χ2v) is 5.31. The van der Waals surface area contributed by atoms with Gasteiger partial charge in [-0.2, -0.15) is 0 Å². The second-order valence-electron chi connectivity index (χ2n) is 4.15. The van der Waals surface area contributed by atoms with Gasteiger partial charge in [-0.15, -0.1) is 0 Å². The molecule has 0 aromatic heterocycles. The quantitative estimate of drug-likeness (QED) is 0.294. The molecule has 5 nitrogen and oxygen atoms in total. The first-order valence-corrected chi connectivity index (χ1v) is 7.59. The fraction of sp³-hybridized carbons (Fsp3) is 0.400. The van der Waals surface area contributed by atoms with Gasteiger partial charge >= 0.3 is 6.16 Å². The molecule has 1 atom stereocenters. The molecule has 0 heterocycles. The van der Waals surface area contributed by atoms with Crippen molar-refractivity contribution < 1.29 is 23.7 Å². The van der Waals surface area contributed by atoms with Crippen LogP contribution in [0.1, 0.15) is 25.8 Å². The third kappa shape index (κ3) is 5.55. The van der Waals surface area contributed by atoms with Gasteiger partial charge in [0, 0.05) is 0 Å². The molecule has 21 heavy (non-hydrogen) atoms. The molecule has 0 fully saturated rings. The smallest absolute Gasteiger partial charge is 0.493 e. The number of benzene rings is 1. The van der Waals surface area contributed by atoms with E-state index >= 15 is 0 Å². The van der Waals surface area contributed by atoms with Crippen LogP contribution in [0.3, 0.4) is 0 Å². The van der Waals surface area contributed by atoms with E-state index in [9.17, 15) is 4.79 Å². The first kappa shape index (κ1) is 17.8. The van der Waals surface area contributed by atoms with Crippen molar-refractivity contribution in [3.05, 3.63) is 27.8 Å². The van der Waals surface area contributed by atoms with E-state index < -0.39 is 12.4 Å². The van der Waals surface area contributed by atoms with E-state index in [1.54, 1.807) is 19.1 Å². The van der Waals surface area contributed by atoms with Gasteiger partial charge in [-0.3, -0.25) is 0 Å². The van der Waals surface area contributed by atoms with Gasteiger partial charge in [0.25, 0.3) is 0 Å². The minimum absolute atomic E-state index is 0.316. The normalized spacial score (nSPS) is 11.6. The van der Waals surface area contributed by atoms with Gasteiger partial charge < -0.3 is 18.9 Å². The molecule has 1 aromatic carbocycles. The van der Waals surface area contributed by atoms with Crippen LogP contribution in [0.2, 0.25) is 0 Å². The Kier molecular flexibility index (Phi) is 7.52. The molecule has 0 saturated heterocycles. The molecule has 1 unspecified atom stereocenters. The van der Waals surface area contributed by atoms with Crippen LogP contribution >= 0.6 is 22.6 Å². The van der Waals surface area contributed by atoms with Gasteiger partial charge in [0.05, 0.1) is 17.3 Å². The zero-order valence-corrected chi connectivity index (χ0v) is 14.5. The Morgan fingerprint density at radius 1 is 1.48 bits per heavy atom. The van der Waals surface area contributed by atoms with E-state index in [-0.39, 0.29) is 0 Å². The third-order valence-corrected chi connectivity index (χ3v) is 3.29. The molecular weight excluding hydrogens is 387 g/mol. The number of hydrogen-bond acceptors (Lipinski definition) is 5. The Morgan fingerprint density at radius 2 is 2.19 bits per heavy atom. The average molecular weight is 406 g/mol. The second kappa shape index (κ2) is 8.89. The van der Waals surface area contributed by atoms with Gasteiger partial charge in [-0.25, -0.2) is 4.79 Å². The predicted molar refractivity (Wildman–Crippen MR) is 88.6 cm³/mol. The van der Waals surface area contributed by atoms with Crippen LogP contribution in [0.4, 0.5) is 4.79 Å². The molecule has 116 valence electrons. The standard InChI is InChI=1S/C15H19IO5/c1-5-7-19-10(3)20-15(17)21-14-12(16)8-11(6-2)9-13(14)18-4/h6,8-10H,2,5,7H2,1,3-4H3. The maximum absolute atomic E-state index is 11.8. The zero-order chi connectivity index (χ0) is 15.8. The van der Waals surface area contributed by atoms with Crippen LogP contribution in [0.15, 0.2) is 18.7 Å². The Balaban J connectivity index is 2.78. The summed E-state index contributed by atoms with van der Waals surface area (Å²) in [5.41, 5.74) is 0.872. The topological polar surface area (TPSA) is 54.0 Å². The van der Waals surface area contributed by atoms with Crippen molar-refractivity contribution in [2.24, 2.45) is 0 Å². The number of hydrogen-bond donors (Lipinski definition) is 0. The lowest BCUT2D eigenvalue weighted by molar-refractivity contribution is -0.102. The molecular formula is C15H19IO5. The van der Waals surface area contributed by atoms with Crippen LogP contribution < -0.4 is 9.47 Å². The molecule has 1 aromatic rings. The summed E-state index contributed by atoms with van der Waals surface area (Å²) in [5, 5.41) is 0. The molecule has 1 rings (SSSR count). The maximum atomic E-state index is 11.8. The monoisotopic (exact) mass is 406 g/mol. The van der Waals surface area contributed by atoms with Crippen LogP contribution in [0.5, 0.6) is 11.5 Å². The molecule has 0 spiro atoms. The van der Waals surface area contributed by atoms with Crippen molar-refractivity contribution in [1.82, 2.24) is 0 Å². The molecule has 6 heteroatoms. The van der Waals surface area contributed by atoms with Gasteiger partial charge in [-0.05, 0) is 53.6 Å². The minimum atomic E-state index is -0.832. The van der Waals surface area contributed by atoms with E-state index in [2.05, 4.69) is 29.2 Å². The predicted octanol–water partition coefficient (Wildman–Crippen LogP) is 4.23. The highest BCUT2D eigenvalue weighted by molar-refractivity contribution is 14.1. The lowest BCUT2D eigenvalue weighted by Crippen LogP contribution is -2.21. The Morgan fingerprint density at radius 3 is 2.76 bits per heavy atom.